The van der Waals surface area contributed by atoms with Crippen LogP contribution in [0.3, 0.4) is 0 Å². The number of rotatable bonds is 4. The normalized spacial score (nSPS) is 18.7. The summed E-state index contributed by atoms with van der Waals surface area (Å²) in [7, 11) is 0. The smallest absolute Gasteiger partial charge is 0.348 e. The van der Waals surface area contributed by atoms with Gasteiger partial charge in [0.05, 0.1) is 24.1 Å². The van der Waals surface area contributed by atoms with Crippen LogP contribution < -0.4 is 5.32 Å². The molecular weight excluding hydrogens is 350 g/mol. The quantitative estimate of drug-likeness (QED) is 0.687. The molecule has 6 nitrogen and oxygen atoms in total. The second-order valence-electron chi connectivity index (χ2n) is 6.27. The van der Waals surface area contributed by atoms with Crippen molar-refractivity contribution < 1.29 is 14.6 Å². The second-order valence-corrected chi connectivity index (χ2v) is 7.27. The summed E-state index contributed by atoms with van der Waals surface area (Å²) in [6.45, 7) is 3.99. The summed E-state index contributed by atoms with van der Waals surface area (Å²) in [5, 5.41) is 14.7. The third kappa shape index (κ3) is 2.73. The van der Waals surface area contributed by atoms with E-state index in [1.54, 1.807) is 6.92 Å². The summed E-state index contributed by atoms with van der Waals surface area (Å²) in [5.41, 5.74) is 3.01. The van der Waals surface area contributed by atoms with E-state index in [1.165, 1.54) is 17.7 Å². The fourth-order valence-electron chi connectivity index (χ4n) is 3.47. The van der Waals surface area contributed by atoms with Gasteiger partial charge in [0, 0.05) is 6.42 Å². The molecule has 2 atom stereocenters. The summed E-state index contributed by atoms with van der Waals surface area (Å²) in [6, 6.07) is 7.76. The number of carbonyl (C=O) groups excluding carboxylic acids is 1. The number of aliphatic hydroxyl groups excluding tert-OH is 1. The van der Waals surface area contributed by atoms with Crippen LogP contribution >= 0.6 is 11.3 Å². The minimum atomic E-state index is -0.527. The number of aliphatic hydroxyl groups is 1. The molecule has 0 amide bonds. The van der Waals surface area contributed by atoms with Crippen LogP contribution in [0.5, 0.6) is 0 Å². The van der Waals surface area contributed by atoms with Crippen LogP contribution in [0.15, 0.2) is 30.6 Å². The van der Waals surface area contributed by atoms with Gasteiger partial charge >= 0.3 is 5.97 Å². The van der Waals surface area contributed by atoms with Crippen molar-refractivity contribution in [3.8, 4) is 0 Å². The Kier molecular flexibility index (Phi) is 4.34. The maximum atomic E-state index is 12.2. The molecule has 4 rings (SSSR count). The van der Waals surface area contributed by atoms with E-state index in [-0.39, 0.29) is 12.0 Å². The van der Waals surface area contributed by atoms with Crippen LogP contribution in [0.25, 0.3) is 10.2 Å². The standard InChI is InChI=1S/C19H19N3O3S/c1-3-25-19(24)16-10(2)14-17(20-9-21-18(14)26-16)22-15-12-7-5-4-6-11(12)8-13(15)23/h4-7,9,13,15,23H,3,8H2,1-2H3,(H,20,21,22)/t13-,15-/m0/s1. The molecule has 1 aliphatic carbocycles. The SMILES string of the molecule is CCOC(=O)c1sc2ncnc(N[C@H]3c4ccccc4C[C@@H]3O)c2c1C. The number of aryl methyl sites for hydroxylation is 1. The lowest BCUT2D eigenvalue weighted by Gasteiger charge is -2.19. The molecule has 0 saturated carbocycles. The van der Waals surface area contributed by atoms with Gasteiger partial charge in [0.15, 0.2) is 0 Å². The summed E-state index contributed by atoms with van der Waals surface area (Å²) < 4.78 is 5.14. The van der Waals surface area contributed by atoms with Gasteiger partial charge in [-0.3, -0.25) is 0 Å². The van der Waals surface area contributed by atoms with E-state index in [2.05, 4.69) is 15.3 Å². The lowest BCUT2D eigenvalue weighted by atomic mass is 10.1. The monoisotopic (exact) mass is 369 g/mol. The topological polar surface area (TPSA) is 84.3 Å². The van der Waals surface area contributed by atoms with E-state index < -0.39 is 6.10 Å². The van der Waals surface area contributed by atoms with E-state index in [4.69, 9.17) is 4.74 Å². The molecule has 1 aromatic carbocycles. The van der Waals surface area contributed by atoms with Gasteiger partial charge in [0.2, 0.25) is 0 Å². The molecule has 0 unspecified atom stereocenters. The highest BCUT2D eigenvalue weighted by atomic mass is 32.1. The Balaban J connectivity index is 1.75. The molecule has 0 fully saturated rings. The third-order valence-corrected chi connectivity index (χ3v) is 5.86. The first kappa shape index (κ1) is 16.9. The largest absolute Gasteiger partial charge is 0.462 e. The Morgan fingerprint density at radius 3 is 3.00 bits per heavy atom. The number of hydrogen-bond acceptors (Lipinski definition) is 7. The zero-order chi connectivity index (χ0) is 18.3. The van der Waals surface area contributed by atoms with Crippen molar-refractivity contribution in [2.75, 3.05) is 11.9 Å². The van der Waals surface area contributed by atoms with Gasteiger partial charge in [-0.05, 0) is 30.5 Å². The van der Waals surface area contributed by atoms with Crippen molar-refractivity contribution in [2.45, 2.75) is 32.4 Å². The number of ether oxygens (including phenoxy) is 1. The van der Waals surface area contributed by atoms with Gasteiger partial charge in [-0.2, -0.15) is 0 Å². The lowest BCUT2D eigenvalue weighted by Crippen LogP contribution is -2.21. The predicted octanol–water partition coefficient (Wildman–Crippen LogP) is 3.25. The van der Waals surface area contributed by atoms with Crippen molar-refractivity contribution in [1.82, 2.24) is 9.97 Å². The second kappa shape index (κ2) is 6.66. The van der Waals surface area contributed by atoms with Crippen molar-refractivity contribution in [2.24, 2.45) is 0 Å². The average molecular weight is 369 g/mol. The number of fused-ring (bicyclic) bond motifs is 2. The minimum absolute atomic E-state index is 0.241. The lowest BCUT2D eigenvalue weighted by molar-refractivity contribution is 0.0531. The number of nitrogens with zero attached hydrogens (tertiary/aromatic N) is 2. The van der Waals surface area contributed by atoms with E-state index >= 15 is 0 Å². The Morgan fingerprint density at radius 1 is 1.38 bits per heavy atom. The Bertz CT molecular complexity index is 985. The first-order chi connectivity index (χ1) is 12.6. The molecule has 0 bridgehead atoms. The minimum Gasteiger partial charge on any atom is -0.462 e. The van der Waals surface area contributed by atoms with Crippen LogP contribution in [0.2, 0.25) is 0 Å². The van der Waals surface area contributed by atoms with Crippen molar-refractivity contribution in [3.63, 3.8) is 0 Å². The predicted molar refractivity (Wildman–Crippen MR) is 101 cm³/mol. The molecule has 0 radical (unpaired) electrons. The molecule has 26 heavy (non-hydrogen) atoms. The highest BCUT2D eigenvalue weighted by Crippen LogP contribution is 2.38. The molecule has 3 aromatic rings. The van der Waals surface area contributed by atoms with E-state index in [1.807, 2.05) is 31.2 Å². The van der Waals surface area contributed by atoms with Gasteiger partial charge in [0.25, 0.3) is 0 Å². The van der Waals surface area contributed by atoms with E-state index in [0.717, 1.165) is 26.9 Å². The Morgan fingerprint density at radius 2 is 2.19 bits per heavy atom. The van der Waals surface area contributed by atoms with Gasteiger partial charge in [-0.1, -0.05) is 24.3 Å². The van der Waals surface area contributed by atoms with Crippen LogP contribution in [0, 0.1) is 6.92 Å². The van der Waals surface area contributed by atoms with Gasteiger partial charge in [-0.15, -0.1) is 11.3 Å². The van der Waals surface area contributed by atoms with Gasteiger partial charge in [0.1, 0.15) is 21.9 Å². The number of esters is 1. The third-order valence-electron chi connectivity index (χ3n) is 4.68. The summed E-state index contributed by atoms with van der Waals surface area (Å²) in [4.78, 5) is 22.1. The van der Waals surface area contributed by atoms with Crippen LogP contribution in [-0.2, 0) is 11.2 Å². The first-order valence-corrected chi connectivity index (χ1v) is 9.35. The van der Waals surface area contributed by atoms with Crippen LogP contribution in [0.4, 0.5) is 5.82 Å². The maximum Gasteiger partial charge on any atom is 0.348 e. The molecule has 0 aliphatic heterocycles. The summed E-state index contributed by atoms with van der Waals surface area (Å²) >= 11 is 1.30. The fraction of sp³-hybridized carbons (Fsp3) is 0.316. The fourth-order valence-corrected chi connectivity index (χ4v) is 4.51. The number of benzene rings is 1. The van der Waals surface area contributed by atoms with E-state index in [9.17, 15) is 9.90 Å². The summed E-state index contributed by atoms with van der Waals surface area (Å²) in [6.07, 6.45) is 1.56. The highest BCUT2D eigenvalue weighted by molar-refractivity contribution is 7.20. The van der Waals surface area contributed by atoms with Gasteiger partial charge < -0.3 is 15.2 Å². The first-order valence-electron chi connectivity index (χ1n) is 8.53. The van der Waals surface area contributed by atoms with Crippen LogP contribution in [-0.4, -0.2) is 33.8 Å². The molecule has 134 valence electrons. The zero-order valence-electron chi connectivity index (χ0n) is 14.5. The van der Waals surface area contributed by atoms with Gasteiger partial charge in [-0.25, -0.2) is 14.8 Å². The number of carbonyl (C=O) groups is 1. The van der Waals surface area contributed by atoms with Crippen molar-refractivity contribution in [3.05, 3.63) is 52.2 Å². The molecule has 0 saturated heterocycles. The zero-order valence-corrected chi connectivity index (χ0v) is 15.3. The van der Waals surface area contributed by atoms with Crippen molar-refractivity contribution >= 4 is 33.3 Å². The molecule has 2 aromatic heterocycles. The molecule has 1 aliphatic rings. The molecule has 0 spiro atoms. The molecular formula is C19H19N3O3S. The Labute approximate surface area is 154 Å². The number of thiophene rings is 1. The number of aromatic nitrogens is 2. The van der Waals surface area contributed by atoms with Crippen LogP contribution in [0.1, 0.15) is 39.3 Å². The van der Waals surface area contributed by atoms with Crippen molar-refractivity contribution in [1.29, 1.82) is 0 Å². The molecule has 7 heteroatoms. The number of nitrogens with one attached hydrogen (secondary N) is 1. The molecule has 2 N–H and O–H groups in total. The Hall–Kier alpha value is -2.51. The maximum absolute atomic E-state index is 12.2. The number of hydrogen-bond donors (Lipinski definition) is 2. The average Bonchev–Trinajstić information content (AvgIpc) is 3.13. The number of anilines is 1. The molecule has 2 heterocycles. The van der Waals surface area contributed by atoms with E-state index in [0.29, 0.717) is 23.7 Å². The highest BCUT2D eigenvalue weighted by Gasteiger charge is 2.32. The summed E-state index contributed by atoms with van der Waals surface area (Å²) in [5.74, 6) is 0.283.